The molecule has 0 aliphatic heterocycles. The van der Waals surface area contributed by atoms with Crippen LogP contribution in [0.5, 0.6) is 0 Å². The molecule has 90 valence electrons. The van der Waals surface area contributed by atoms with Gasteiger partial charge in [0, 0.05) is 19.9 Å². The molecule has 1 heterocycles. The van der Waals surface area contributed by atoms with Crippen LogP contribution in [0.1, 0.15) is 6.42 Å². The average Bonchev–Trinajstić information content (AvgIpc) is 2.22. The highest BCUT2D eigenvalue weighted by Crippen LogP contribution is 2.19. The second kappa shape index (κ2) is 6.52. The van der Waals surface area contributed by atoms with Crippen molar-refractivity contribution in [3.05, 3.63) is 17.3 Å². The summed E-state index contributed by atoms with van der Waals surface area (Å²) in [6.45, 7) is 0.897. The van der Waals surface area contributed by atoms with E-state index in [-0.39, 0.29) is 0 Å². The van der Waals surface area contributed by atoms with E-state index in [0.29, 0.717) is 36.1 Å². The number of aliphatic hydroxyl groups is 1. The molecule has 4 N–H and O–H groups in total. The van der Waals surface area contributed by atoms with E-state index < -0.39 is 6.10 Å². The van der Waals surface area contributed by atoms with Crippen LogP contribution in [0, 0.1) is 0 Å². The van der Waals surface area contributed by atoms with Gasteiger partial charge in [-0.25, -0.2) is 4.98 Å². The van der Waals surface area contributed by atoms with Crippen LogP contribution in [0.2, 0.25) is 5.02 Å². The lowest BCUT2D eigenvalue weighted by molar-refractivity contribution is 0.0615. The minimum absolute atomic E-state index is 0.325. The summed E-state index contributed by atoms with van der Waals surface area (Å²) in [7, 11) is 1.55. The Morgan fingerprint density at radius 2 is 2.44 bits per heavy atom. The van der Waals surface area contributed by atoms with Crippen molar-refractivity contribution in [2.45, 2.75) is 12.5 Å². The highest BCUT2D eigenvalue weighted by Gasteiger charge is 2.04. The maximum absolute atomic E-state index is 9.40. The molecule has 5 nitrogen and oxygen atoms in total. The van der Waals surface area contributed by atoms with Crippen molar-refractivity contribution in [3.8, 4) is 0 Å². The lowest BCUT2D eigenvalue weighted by Gasteiger charge is -2.11. The number of pyridine rings is 1. The van der Waals surface area contributed by atoms with Crippen LogP contribution in [0.3, 0.4) is 0 Å². The zero-order valence-corrected chi connectivity index (χ0v) is 9.87. The normalized spacial score (nSPS) is 12.4. The number of hydrogen-bond donors (Lipinski definition) is 3. The van der Waals surface area contributed by atoms with Crippen LogP contribution in [0.25, 0.3) is 0 Å². The molecule has 1 aromatic heterocycles. The van der Waals surface area contributed by atoms with Gasteiger partial charge >= 0.3 is 0 Å². The van der Waals surface area contributed by atoms with E-state index in [1.807, 2.05) is 0 Å². The molecule has 0 amide bonds. The van der Waals surface area contributed by atoms with Crippen molar-refractivity contribution in [2.24, 2.45) is 0 Å². The number of aliphatic hydroxyl groups excluding tert-OH is 1. The standard InChI is InChI=1S/C10H16ClN3O2/c1-16-6-8(15)2-3-13-10-9(12)4-7(11)5-14-10/h4-5,8,15H,2-3,6,12H2,1H3,(H,13,14). The number of methoxy groups -OCH3 is 1. The van der Waals surface area contributed by atoms with Gasteiger partial charge in [-0.1, -0.05) is 11.6 Å². The molecule has 6 heteroatoms. The fraction of sp³-hybridized carbons (Fsp3) is 0.500. The topological polar surface area (TPSA) is 80.4 Å². The number of halogens is 1. The van der Waals surface area contributed by atoms with E-state index >= 15 is 0 Å². The molecular formula is C10H16ClN3O2. The monoisotopic (exact) mass is 245 g/mol. The molecule has 0 aromatic carbocycles. The van der Waals surface area contributed by atoms with Gasteiger partial charge in [-0.05, 0) is 12.5 Å². The van der Waals surface area contributed by atoms with Crippen molar-refractivity contribution in [2.75, 3.05) is 31.3 Å². The molecule has 1 unspecified atom stereocenters. The van der Waals surface area contributed by atoms with Crippen LogP contribution < -0.4 is 11.1 Å². The summed E-state index contributed by atoms with van der Waals surface area (Å²) in [6, 6.07) is 1.63. The number of nitrogens with one attached hydrogen (secondary N) is 1. The van der Waals surface area contributed by atoms with Gasteiger partial charge in [0.1, 0.15) is 5.82 Å². The molecule has 0 bridgehead atoms. The van der Waals surface area contributed by atoms with Gasteiger partial charge in [-0.2, -0.15) is 0 Å². The van der Waals surface area contributed by atoms with Crippen LogP contribution in [-0.2, 0) is 4.74 Å². The van der Waals surface area contributed by atoms with E-state index in [1.54, 1.807) is 13.2 Å². The molecule has 1 rings (SSSR count). The zero-order valence-electron chi connectivity index (χ0n) is 9.11. The number of ether oxygens (including phenoxy) is 1. The molecule has 1 aromatic rings. The van der Waals surface area contributed by atoms with E-state index in [9.17, 15) is 5.11 Å². The molecule has 0 radical (unpaired) electrons. The van der Waals surface area contributed by atoms with E-state index in [2.05, 4.69) is 10.3 Å². The summed E-state index contributed by atoms with van der Waals surface area (Å²) in [5.41, 5.74) is 6.19. The van der Waals surface area contributed by atoms with Crippen molar-refractivity contribution in [1.29, 1.82) is 0 Å². The maximum atomic E-state index is 9.40. The number of anilines is 2. The Morgan fingerprint density at radius 1 is 1.69 bits per heavy atom. The Bertz CT molecular complexity index is 336. The van der Waals surface area contributed by atoms with Gasteiger partial charge in [-0.3, -0.25) is 0 Å². The van der Waals surface area contributed by atoms with Crippen LogP contribution >= 0.6 is 11.6 Å². The van der Waals surface area contributed by atoms with Crippen molar-refractivity contribution < 1.29 is 9.84 Å². The third-order valence-electron chi connectivity index (χ3n) is 2.01. The Balaban J connectivity index is 2.37. The van der Waals surface area contributed by atoms with Crippen molar-refractivity contribution in [3.63, 3.8) is 0 Å². The highest BCUT2D eigenvalue weighted by atomic mass is 35.5. The van der Waals surface area contributed by atoms with E-state index in [4.69, 9.17) is 22.1 Å². The van der Waals surface area contributed by atoms with Crippen molar-refractivity contribution in [1.82, 2.24) is 4.98 Å². The van der Waals surface area contributed by atoms with Gasteiger partial charge in [0.15, 0.2) is 0 Å². The first-order chi connectivity index (χ1) is 7.63. The van der Waals surface area contributed by atoms with Gasteiger partial charge in [0.25, 0.3) is 0 Å². The summed E-state index contributed by atoms with van der Waals surface area (Å²) < 4.78 is 4.81. The van der Waals surface area contributed by atoms with Gasteiger partial charge in [-0.15, -0.1) is 0 Å². The first-order valence-electron chi connectivity index (χ1n) is 4.95. The quantitative estimate of drug-likeness (QED) is 0.700. The van der Waals surface area contributed by atoms with E-state index in [0.717, 1.165) is 0 Å². The Labute approximate surface area is 99.6 Å². The van der Waals surface area contributed by atoms with Gasteiger partial charge in [0.05, 0.1) is 23.4 Å². The lowest BCUT2D eigenvalue weighted by atomic mass is 10.2. The summed E-state index contributed by atoms with van der Waals surface area (Å²) >= 11 is 5.72. The number of nitrogen functional groups attached to an aromatic ring is 1. The first kappa shape index (κ1) is 13.0. The van der Waals surface area contributed by atoms with Crippen LogP contribution in [0.4, 0.5) is 11.5 Å². The maximum Gasteiger partial charge on any atom is 0.149 e. The second-order valence-electron chi connectivity index (χ2n) is 3.42. The van der Waals surface area contributed by atoms with Crippen molar-refractivity contribution >= 4 is 23.1 Å². The Kier molecular flexibility index (Phi) is 5.31. The number of rotatable bonds is 6. The number of nitrogens with two attached hydrogens (primary N) is 1. The smallest absolute Gasteiger partial charge is 0.149 e. The van der Waals surface area contributed by atoms with Crippen LogP contribution in [0.15, 0.2) is 12.3 Å². The highest BCUT2D eigenvalue weighted by molar-refractivity contribution is 6.30. The number of hydrogen-bond acceptors (Lipinski definition) is 5. The summed E-state index contributed by atoms with van der Waals surface area (Å²) in [6.07, 6.45) is 1.61. The molecule has 0 fully saturated rings. The molecule has 0 saturated carbocycles. The summed E-state index contributed by atoms with van der Waals surface area (Å²) in [5, 5.41) is 12.9. The SMILES string of the molecule is COCC(O)CCNc1ncc(Cl)cc1N. The molecule has 0 spiro atoms. The Hall–Kier alpha value is -1.04. The summed E-state index contributed by atoms with van der Waals surface area (Å²) in [4.78, 5) is 4.04. The van der Waals surface area contributed by atoms with Gasteiger partial charge < -0.3 is 20.9 Å². The molecular weight excluding hydrogens is 230 g/mol. The zero-order chi connectivity index (χ0) is 12.0. The minimum atomic E-state index is -0.481. The number of aromatic nitrogens is 1. The second-order valence-corrected chi connectivity index (χ2v) is 3.85. The molecule has 0 aliphatic carbocycles. The molecule has 0 aliphatic rings. The van der Waals surface area contributed by atoms with Crippen LogP contribution in [-0.4, -0.2) is 36.5 Å². The fourth-order valence-electron chi connectivity index (χ4n) is 1.24. The first-order valence-corrected chi connectivity index (χ1v) is 5.33. The molecule has 0 saturated heterocycles. The largest absolute Gasteiger partial charge is 0.396 e. The summed E-state index contributed by atoms with van der Waals surface area (Å²) in [5.74, 6) is 0.578. The van der Waals surface area contributed by atoms with E-state index in [1.165, 1.54) is 6.20 Å². The Morgan fingerprint density at radius 3 is 3.06 bits per heavy atom. The molecule has 16 heavy (non-hydrogen) atoms. The minimum Gasteiger partial charge on any atom is -0.396 e. The molecule has 1 atom stereocenters. The predicted molar refractivity (Wildman–Crippen MR) is 64.6 cm³/mol. The third kappa shape index (κ3) is 4.22. The average molecular weight is 246 g/mol. The number of nitrogens with zero attached hydrogens (tertiary/aromatic N) is 1. The lowest BCUT2D eigenvalue weighted by Crippen LogP contribution is -2.19. The fourth-order valence-corrected chi connectivity index (χ4v) is 1.40. The predicted octanol–water partition coefficient (Wildman–Crippen LogP) is 1.13. The third-order valence-corrected chi connectivity index (χ3v) is 2.22. The van der Waals surface area contributed by atoms with Gasteiger partial charge in [0.2, 0.25) is 0 Å².